The number of nitrogen functional groups attached to an aromatic ring is 2. The molecule has 20 heavy (non-hydrogen) atoms. The van der Waals surface area contributed by atoms with Crippen LogP contribution in [0.25, 0.3) is 0 Å². The van der Waals surface area contributed by atoms with Crippen molar-refractivity contribution in [1.82, 2.24) is 15.0 Å². The minimum absolute atomic E-state index is 0.136. The first kappa shape index (κ1) is 16.5. The molecule has 0 fully saturated rings. The van der Waals surface area contributed by atoms with Gasteiger partial charge in [0, 0.05) is 17.9 Å². The predicted molar refractivity (Wildman–Crippen MR) is 80.2 cm³/mol. The first-order chi connectivity index (χ1) is 9.61. The van der Waals surface area contributed by atoms with E-state index in [1.54, 1.807) is 11.8 Å². The van der Waals surface area contributed by atoms with Crippen molar-refractivity contribution in [3.8, 4) is 0 Å². The SMILES string of the molecule is CCCCOC(=O)CCSCCc1nc(N)nc(N)n1. The molecule has 112 valence electrons. The molecule has 0 spiro atoms. The number of hydrogen-bond donors (Lipinski definition) is 2. The molecule has 0 unspecified atom stereocenters. The molecule has 0 saturated carbocycles. The molecule has 0 amide bonds. The molecular weight excluding hydrogens is 278 g/mol. The number of unbranched alkanes of at least 4 members (excludes halogenated alkanes) is 1. The van der Waals surface area contributed by atoms with Crippen LogP contribution in [0.4, 0.5) is 11.9 Å². The van der Waals surface area contributed by atoms with Crippen molar-refractivity contribution < 1.29 is 9.53 Å². The van der Waals surface area contributed by atoms with E-state index in [1.165, 1.54) is 0 Å². The van der Waals surface area contributed by atoms with Crippen LogP contribution in [0.15, 0.2) is 0 Å². The first-order valence-electron chi connectivity index (χ1n) is 6.61. The molecule has 0 aromatic carbocycles. The number of carbonyl (C=O) groups is 1. The van der Waals surface area contributed by atoms with Gasteiger partial charge < -0.3 is 16.2 Å². The first-order valence-corrected chi connectivity index (χ1v) is 7.76. The number of ether oxygens (including phenoxy) is 1. The van der Waals surface area contributed by atoms with Crippen molar-refractivity contribution in [3.63, 3.8) is 0 Å². The summed E-state index contributed by atoms with van der Waals surface area (Å²) in [5.41, 5.74) is 11.0. The molecule has 8 heteroatoms. The Morgan fingerprint density at radius 1 is 1.20 bits per heavy atom. The van der Waals surface area contributed by atoms with Crippen LogP contribution in [-0.4, -0.2) is 39.0 Å². The number of carbonyl (C=O) groups excluding carboxylic acids is 1. The fraction of sp³-hybridized carbons (Fsp3) is 0.667. The zero-order chi connectivity index (χ0) is 14.8. The fourth-order valence-corrected chi connectivity index (χ4v) is 2.23. The Bertz CT molecular complexity index is 410. The lowest BCUT2D eigenvalue weighted by molar-refractivity contribution is -0.143. The van der Waals surface area contributed by atoms with E-state index >= 15 is 0 Å². The van der Waals surface area contributed by atoms with Gasteiger partial charge in [0.15, 0.2) is 0 Å². The second-order valence-corrected chi connectivity index (χ2v) is 5.38. The molecule has 0 aliphatic carbocycles. The van der Waals surface area contributed by atoms with Crippen molar-refractivity contribution in [1.29, 1.82) is 0 Å². The topological polar surface area (TPSA) is 117 Å². The average molecular weight is 299 g/mol. The zero-order valence-electron chi connectivity index (χ0n) is 11.7. The highest BCUT2D eigenvalue weighted by molar-refractivity contribution is 7.99. The Kier molecular flexibility index (Phi) is 7.71. The molecule has 0 atom stereocenters. The van der Waals surface area contributed by atoms with Gasteiger partial charge in [-0.2, -0.15) is 26.7 Å². The summed E-state index contributed by atoms with van der Waals surface area (Å²) in [7, 11) is 0. The van der Waals surface area contributed by atoms with Crippen molar-refractivity contribution >= 4 is 29.6 Å². The summed E-state index contributed by atoms with van der Waals surface area (Å²) >= 11 is 1.64. The van der Waals surface area contributed by atoms with Crippen LogP contribution in [0, 0.1) is 0 Å². The van der Waals surface area contributed by atoms with Crippen LogP contribution in [0.3, 0.4) is 0 Å². The molecule has 4 N–H and O–H groups in total. The molecule has 1 aromatic heterocycles. The van der Waals surface area contributed by atoms with Crippen molar-refractivity contribution in [2.75, 3.05) is 29.6 Å². The van der Waals surface area contributed by atoms with E-state index in [-0.39, 0.29) is 17.9 Å². The number of aromatic nitrogens is 3. The lowest BCUT2D eigenvalue weighted by Gasteiger charge is -2.04. The van der Waals surface area contributed by atoms with Crippen molar-refractivity contribution in [2.24, 2.45) is 0 Å². The molecule has 0 aliphatic rings. The molecular formula is C12H21N5O2S. The van der Waals surface area contributed by atoms with E-state index < -0.39 is 0 Å². The van der Waals surface area contributed by atoms with Crippen LogP contribution in [-0.2, 0) is 16.0 Å². The fourth-order valence-electron chi connectivity index (χ4n) is 1.39. The molecule has 7 nitrogen and oxygen atoms in total. The highest BCUT2D eigenvalue weighted by Crippen LogP contribution is 2.07. The number of nitrogens with two attached hydrogens (primary N) is 2. The summed E-state index contributed by atoms with van der Waals surface area (Å²) < 4.78 is 5.06. The van der Waals surface area contributed by atoms with Crippen LogP contribution in [0.1, 0.15) is 32.0 Å². The number of aryl methyl sites for hydroxylation is 1. The van der Waals surface area contributed by atoms with Crippen molar-refractivity contribution in [2.45, 2.75) is 32.6 Å². The van der Waals surface area contributed by atoms with Crippen LogP contribution < -0.4 is 11.5 Å². The normalized spacial score (nSPS) is 10.4. The van der Waals surface area contributed by atoms with Gasteiger partial charge >= 0.3 is 5.97 Å². The Morgan fingerprint density at radius 2 is 1.90 bits per heavy atom. The third-order valence-corrected chi connectivity index (χ3v) is 3.38. The number of thioether (sulfide) groups is 1. The van der Waals surface area contributed by atoms with Crippen molar-refractivity contribution in [3.05, 3.63) is 5.82 Å². The van der Waals surface area contributed by atoms with E-state index in [0.717, 1.165) is 24.3 Å². The van der Waals surface area contributed by atoms with Gasteiger partial charge in [0.1, 0.15) is 5.82 Å². The lowest BCUT2D eigenvalue weighted by atomic mass is 10.4. The maximum Gasteiger partial charge on any atom is 0.306 e. The molecule has 1 rings (SSSR count). The number of esters is 1. The van der Waals surface area contributed by atoms with Gasteiger partial charge in [0.2, 0.25) is 11.9 Å². The molecule has 1 aromatic rings. The van der Waals surface area contributed by atoms with Gasteiger partial charge in [-0.1, -0.05) is 13.3 Å². The lowest BCUT2D eigenvalue weighted by Crippen LogP contribution is -2.08. The molecule has 0 saturated heterocycles. The summed E-state index contributed by atoms with van der Waals surface area (Å²) in [6.07, 6.45) is 3.02. The minimum atomic E-state index is -0.139. The predicted octanol–water partition coefficient (Wildman–Crippen LogP) is 1.05. The Morgan fingerprint density at radius 3 is 2.55 bits per heavy atom. The van der Waals surface area contributed by atoms with Gasteiger partial charge in [-0.05, 0) is 6.42 Å². The molecule has 0 bridgehead atoms. The van der Waals surface area contributed by atoms with Gasteiger partial charge in [-0.15, -0.1) is 0 Å². The van der Waals surface area contributed by atoms with E-state index in [4.69, 9.17) is 16.2 Å². The van der Waals surface area contributed by atoms with E-state index in [1.807, 2.05) is 0 Å². The number of rotatable bonds is 9. The second-order valence-electron chi connectivity index (χ2n) is 4.15. The number of hydrogen-bond acceptors (Lipinski definition) is 8. The van der Waals surface area contributed by atoms with Gasteiger partial charge in [-0.3, -0.25) is 4.79 Å². The maximum atomic E-state index is 11.3. The highest BCUT2D eigenvalue weighted by Gasteiger charge is 2.04. The Hall–Kier alpha value is -1.57. The Labute approximate surface area is 122 Å². The third-order valence-electron chi connectivity index (χ3n) is 2.40. The Balaban J connectivity index is 2.11. The highest BCUT2D eigenvalue weighted by atomic mass is 32.2. The summed E-state index contributed by atoms with van der Waals surface area (Å²) in [4.78, 5) is 23.0. The molecule has 0 aliphatic heterocycles. The van der Waals surface area contributed by atoms with Gasteiger partial charge in [0.25, 0.3) is 0 Å². The van der Waals surface area contributed by atoms with Gasteiger partial charge in [-0.25, -0.2) is 0 Å². The monoisotopic (exact) mass is 299 g/mol. The van der Waals surface area contributed by atoms with E-state index in [9.17, 15) is 4.79 Å². The number of anilines is 2. The van der Waals surface area contributed by atoms with E-state index in [0.29, 0.717) is 25.3 Å². The van der Waals surface area contributed by atoms with Crippen LogP contribution in [0.2, 0.25) is 0 Å². The second kappa shape index (κ2) is 9.35. The summed E-state index contributed by atoms with van der Waals surface area (Å²) in [5.74, 6) is 2.23. The smallest absolute Gasteiger partial charge is 0.306 e. The third kappa shape index (κ3) is 7.13. The standard InChI is InChI=1S/C12H21N5O2S/c1-2-3-6-19-10(18)5-8-20-7-4-9-15-11(13)17-12(14)16-9/h2-8H2,1H3,(H4,13,14,15,16,17). The molecule has 1 heterocycles. The maximum absolute atomic E-state index is 11.3. The van der Waals surface area contributed by atoms with Crippen LogP contribution >= 0.6 is 11.8 Å². The zero-order valence-corrected chi connectivity index (χ0v) is 12.5. The summed E-state index contributed by atoms with van der Waals surface area (Å²) in [6.45, 7) is 2.58. The summed E-state index contributed by atoms with van der Waals surface area (Å²) in [5, 5.41) is 0. The number of nitrogens with zero attached hydrogens (tertiary/aromatic N) is 3. The average Bonchev–Trinajstić information content (AvgIpc) is 2.37. The quantitative estimate of drug-likeness (QED) is 0.513. The summed E-state index contributed by atoms with van der Waals surface area (Å²) in [6, 6.07) is 0. The minimum Gasteiger partial charge on any atom is -0.466 e. The van der Waals surface area contributed by atoms with Gasteiger partial charge in [0.05, 0.1) is 13.0 Å². The largest absolute Gasteiger partial charge is 0.466 e. The van der Waals surface area contributed by atoms with E-state index in [2.05, 4.69) is 21.9 Å². The molecule has 0 radical (unpaired) electrons. The van der Waals surface area contributed by atoms with Crippen LogP contribution in [0.5, 0.6) is 0 Å².